The number of nitrogens with one attached hydrogen (secondary N) is 1. The van der Waals surface area contributed by atoms with Crippen molar-refractivity contribution in [3.63, 3.8) is 0 Å². The Balaban J connectivity index is 2.02. The average molecular weight is 248 g/mol. The Morgan fingerprint density at radius 3 is 2.78 bits per heavy atom. The molecule has 1 aromatic rings. The smallest absolute Gasteiger partial charge is 0.243 e. The van der Waals surface area contributed by atoms with E-state index < -0.39 is 0 Å². The van der Waals surface area contributed by atoms with Crippen LogP contribution in [0.4, 0.5) is 0 Å². The van der Waals surface area contributed by atoms with E-state index in [4.69, 9.17) is 9.47 Å². The molecule has 5 nitrogen and oxygen atoms in total. The Morgan fingerprint density at radius 2 is 2.17 bits per heavy atom. The first-order valence-electron chi connectivity index (χ1n) is 5.79. The Hall–Kier alpha value is -2.04. The number of ether oxygens (including phenoxy) is 2. The van der Waals surface area contributed by atoms with Crippen LogP contribution in [0.15, 0.2) is 23.3 Å². The Morgan fingerprint density at radius 1 is 1.39 bits per heavy atom. The molecule has 1 saturated carbocycles. The standard InChI is InChI=1S/C13H16N2O3/c1-17-11-6-5-10(12(7-11)18-2)8-14-15-13(16)9-3-4-9/h5-9H,3-4H2,1-2H3,(H,15,16)/b14-8-. The first-order chi connectivity index (χ1) is 8.74. The molecule has 1 N–H and O–H groups in total. The summed E-state index contributed by atoms with van der Waals surface area (Å²) in [6, 6.07) is 5.40. The third kappa shape index (κ3) is 3.00. The second kappa shape index (κ2) is 5.53. The molecule has 2 rings (SSSR count). The van der Waals surface area contributed by atoms with Crippen LogP contribution < -0.4 is 14.9 Å². The van der Waals surface area contributed by atoms with Gasteiger partial charge in [-0.25, -0.2) is 5.43 Å². The highest BCUT2D eigenvalue weighted by atomic mass is 16.5. The van der Waals surface area contributed by atoms with Crippen LogP contribution in [-0.4, -0.2) is 26.3 Å². The fraction of sp³-hybridized carbons (Fsp3) is 0.385. The molecule has 1 aliphatic carbocycles. The summed E-state index contributed by atoms with van der Waals surface area (Å²) in [5.41, 5.74) is 3.30. The zero-order chi connectivity index (χ0) is 13.0. The van der Waals surface area contributed by atoms with Gasteiger partial charge in [-0.15, -0.1) is 0 Å². The van der Waals surface area contributed by atoms with E-state index >= 15 is 0 Å². The number of carbonyl (C=O) groups excluding carboxylic acids is 1. The maximum atomic E-state index is 11.4. The molecular weight excluding hydrogens is 232 g/mol. The SMILES string of the molecule is COc1ccc(/C=N\NC(=O)C2CC2)c(OC)c1. The quantitative estimate of drug-likeness (QED) is 0.635. The summed E-state index contributed by atoms with van der Waals surface area (Å²) in [7, 11) is 3.17. The summed E-state index contributed by atoms with van der Waals surface area (Å²) in [6.07, 6.45) is 3.50. The molecule has 1 aliphatic rings. The third-order valence-electron chi connectivity index (χ3n) is 2.77. The monoisotopic (exact) mass is 248 g/mol. The topological polar surface area (TPSA) is 59.9 Å². The van der Waals surface area contributed by atoms with Crippen LogP contribution >= 0.6 is 0 Å². The van der Waals surface area contributed by atoms with Crippen LogP contribution in [0.1, 0.15) is 18.4 Å². The first kappa shape index (κ1) is 12.4. The Labute approximate surface area is 106 Å². The molecular formula is C13H16N2O3. The molecule has 0 unspecified atom stereocenters. The largest absolute Gasteiger partial charge is 0.497 e. The van der Waals surface area contributed by atoms with Gasteiger partial charge in [0.1, 0.15) is 11.5 Å². The number of nitrogens with zero attached hydrogens (tertiary/aromatic N) is 1. The fourth-order valence-electron chi connectivity index (χ4n) is 1.53. The number of hydrogen-bond acceptors (Lipinski definition) is 4. The molecule has 0 aromatic heterocycles. The van der Waals surface area contributed by atoms with Gasteiger partial charge in [-0.1, -0.05) is 0 Å². The van der Waals surface area contributed by atoms with Crippen LogP contribution in [-0.2, 0) is 4.79 Å². The minimum Gasteiger partial charge on any atom is -0.497 e. The number of hydrogen-bond donors (Lipinski definition) is 1. The minimum absolute atomic E-state index is 0.0151. The van der Waals surface area contributed by atoms with Gasteiger partial charge in [-0.3, -0.25) is 4.79 Å². The number of benzene rings is 1. The highest BCUT2D eigenvalue weighted by molar-refractivity contribution is 5.86. The summed E-state index contributed by atoms with van der Waals surface area (Å²) in [5, 5.41) is 3.92. The number of rotatable bonds is 5. The van der Waals surface area contributed by atoms with E-state index in [2.05, 4.69) is 10.5 Å². The summed E-state index contributed by atoms with van der Waals surface area (Å²) in [5.74, 6) is 1.50. The van der Waals surface area contributed by atoms with E-state index in [1.807, 2.05) is 12.1 Å². The normalized spacial score (nSPS) is 14.6. The van der Waals surface area contributed by atoms with Crippen LogP contribution in [0.2, 0.25) is 0 Å². The van der Waals surface area contributed by atoms with Crippen molar-refractivity contribution in [1.82, 2.24) is 5.43 Å². The zero-order valence-corrected chi connectivity index (χ0v) is 10.5. The van der Waals surface area contributed by atoms with Gasteiger partial charge in [0.05, 0.1) is 20.4 Å². The summed E-state index contributed by atoms with van der Waals surface area (Å²) in [4.78, 5) is 11.4. The predicted molar refractivity (Wildman–Crippen MR) is 68.0 cm³/mol. The molecule has 0 bridgehead atoms. The van der Waals surface area contributed by atoms with Crippen molar-refractivity contribution in [1.29, 1.82) is 0 Å². The molecule has 0 heterocycles. The Kier molecular flexibility index (Phi) is 3.82. The summed E-state index contributed by atoms with van der Waals surface area (Å²) in [6.45, 7) is 0. The van der Waals surface area contributed by atoms with E-state index in [9.17, 15) is 4.79 Å². The molecule has 18 heavy (non-hydrogen) atoms. The molecule has 0 radical (unpaired) electrons. The molecule has 96 valence electrons. The molecule has 0 atom stereocenters. The van der Waals surface area contributed by atoms with Gasteiger partial charge in [0.25, 0.3) is 0 Å². The third-order valence-corrected chi connectivity index (χ3v) is 2.77. The molecule has 0 saturated heterocycles. The van der Waals surface area contributed by atoms with Gasteiger partial charge < -0.3 is 9.47 Å². The van der Waals surface area contributed by atoms with E-state index in [1.165, 1.54) is 0 Å². The van der Waals surface area contributed by atoms with Crippen molar-refractivity contribution in [2.75, 3.05) is 14.2 Å². The lowest BCUT2D eigenvalue weighted by Crippen LogP contribution is -2.19. The summed E-state index contributed by atoms with van der Waals surface area (Å²) < 4.78 is 10.3. The van der Waals surface area contributed by atoms with Gasteiger partial charge in [-0.05, 0) is 25.0 Å². The van der Waals surface area contributed by atoms with E-state index in [1.54, 1.807) is 26.5 Å². The zero-order valence-electron chi connectivity index (χ0n) is 10.5. The minimum atomic E-state index is -0.0151. The lowest BCUT2D eigenvalue weighted by Gasteiger charge is -2.06. The van der Waals surface area contributed by atoms with Crippen LogP contribution in [0.5, 0.6) is 11.5 Å². The maximum absolute atomic E-state index is 11.4. The van der Waals surface area contributed by atoms with Crippen molar-refractivity contribution < 1.29 is 14.3 Å². The van der Waals surface area contributed by atoms with Crippen LogP contribution in [0.25, 0.3) is 0 Å². The first-order valence-corrected chi connectivity index (χ1v) is 5.79. The van der Waals surface area contributed by atoms with Crippen molar-refractivity contribution in [3.05, 3.63) is 23.8 Å². The molecule has 0 aliphatic heterocycles. The summed E-state index contributed by atoms with van der Waals surface area (Å²) >= 11 is 0. The number of carbonyl (C=O) groups is 1. The highest BCUT2D eigenvalue weighted by Crippen LogP contribution is 2.28. The van der Waals surface area contributed by atoms with Crippen molar-refractivity contribution in [3.8, 4) is 11.5 Å². The molecule has 1 aromatic carbocycles. The van der Waals surface area contributed by atoms with Crippen molar-refractivity contribution >= 4 is 12.1 Å². The highest BCUT2D eigenvalue weighted by Gasteiger charge is 2.29. The lowest BCUT2D eigenvalue weighted by atomic mass is 10.2. The van der Waals surface area contributed by atoms with Gasteiger partial charge in [0.2, 0.25) is 5.91 Å². The van der Waals surface area contributed by atoms with Gasteiger partial charge in [-0.2, -0.15) is 5.10 Å². The van der Waals surface area contributed by atoms with E-state index in [0.29, 0.717) is 11.5 Å². The second-order valence-corrected chi connectivity index (χ2v) is 4.12. The molecule has 1 amide bonds. The lowest BCUT2D eigenvalue weighted by molar-refractivity contribution is -0.122. The van der Waals surface area contributed by atoms with Gasteiger partial charge >= 0.3 is 0 Å². The fourth-order valence-corrected chi connectivity index (χ4v) is 1.53. The van der Waals surface area contributed by atoms with E-state index in [0.717, 1.165) is 18.4 Å². The maximum Gasteiger partial charge on any atom is 0.243 e. The van der Waals surface area contributed by atoms with Crippen molar-refractivity contribution in [2.45, 2.75) is 12.8 Å². The number of methoxy groups -OCH3 is 2. The molecule has 1 fully saturated rings. The Bertz CT molecular complexity index is 467. The second-order valence-electron chi connectivity index (χ2n) is 4.12. The van der Waals surface area contributed by atoms with Crippen LogP contribution in [0.3, 0.4) is 0 Å². The van der Waals surface area contributed by atoms with Crippen LogP contribution in [0, 0.1) is 5.92 Å². The number of amides is 1. The molecule has 0 spiro atoms. The number of hydrazone groups is 1. The predicted octanol–water partition coefficient (Wildman–Crippen LogP) is 1.56. The van der Waals surface area contributed by atoms with Gasteiger partial charge in [0, 0.05) is 17.5 Å². The van der Waals surface area contributed by atoms with Gasteiger partial charge in [0.15, 0.2) is 0 Å². The van der Waals surface area contributed by atoms with E-state index in [-0.39, 0.29) is 11.8 Å². The average Bonchev–Trinajstić information content (AvgIpc) is 3.23. The molecule has 5 heteroatoms. The van der Waals surface area contributed by atoms with Crippen molar-refractivity contribution in [2.24, 2.45) is 11.0 Å².